The molecule has 0 bridgehead atoms. The van der Waals surface area contributed by atoms with Crippen molar-refractivity contribution in [2.45, 2.75) is 13.0 Å². The van der Waals surface area contributed by atoms with Gasteiger partial charge in [-0.25, -0.2) is 4.98 Å². The molecule has 15 heavy (non-hydrogen) atoms. The Hall–Kier alpha value is -0.650. The van der Waals surface area contributed by atoms with Crippen LogP contribution in [0.2, 0.25) is 0 Å². The van der Waals surface area contributed by atoms with Crippen LogP contribution in [0.3, 0.4) is 0 Å². The van der Waals surface area contributed by atoms with Gasteiger partial charge in [-0.3, -0.25) is 0 Å². The predicted octanol–water partition coefficient (Wildman–Crippen LogP) is 2.83. The normalized spacial score (nSPS) is 10.7. The van der Waals surface area contributed by atoms with E-state index >= 15 is 0 Å². The van der Waals surface area contributed by atoms with E-state index in [-0.39, 0.29) is 0 Å². The average Bonchev–Trinajstić information content (AvgIpc) is 2.84. The summed E-state index contributed by atoms with van der Waals surface area (Å²) in [6.07, 6.45) is 4.23. The number of nitrogens with one attached hydrogen (secondary N) is 1. The maximum Gasteiger partial charge on any atom is 0.180 e. The van der Waals surface area contributed by atoms with Gasteiger partial charge in [0.15, 0.2) is 6.39 Å². The van der Waals surface area contributed by atoms with E-state index in [2.05, 4.69) is 38.4 Å². The lowest BCUT2D eigenvalue weighted by atomic mass is 10.3. The van der Waals surface area contributed by atoms with Crippen LogP contribution >= 0.6 is 27.3 Å². The summed E-state index contributed by atoms with van der Waals surface area (Å²) in [5, 5.41) is 3.30. The number of nitrogens with zero attached hydrogens (tertiary/aromatic N) is 1. The Morgan fingerprint density at radius 3 is 3.07 bits per heavy atom. The first-order valence-corrected chi connectivity index (χ1v) is 6.28. The first-order chi connectivity index (χ1) is 7.34. The highest BCUT2D eigenvalue weighted by Gasteiger charge is 1.98. The van der Waals surface area contributed by atoms with Gasteiger partial charge in [-0.2, -0.15) is 0 Å². The summed E-state index contributed by atoms with van der Waals surface area (Å²) in [6.45, 7) is 1.69. The third-order valence-electron chi connectivity index (χ3n) is 1.96. The first kappa shape index (κ1) is 10.9. The van der Waals surface area contributed by atoms with Crippen molar-refractivity contribution in [3.8, 4) is 0 Å². The zero-order valence-electron chi connectivity index (χ0n) is 8.07. The van der Waals surface area contributed by atoms with E-state index in [1.165, 1.54) is 15.1 Å². The Morgan fingerprint density at radius 1 is 1.47 bits per heavy atom. The fraction of sp³-hybridized carbons (Fsp3) is 0.300. The van der Waals surface area contributed by atoms with Crippen molar-refractivity contribution in [2.75, 3.05) is 6.54 Å². The van der Waals surface area contributed by atoms with E-state index in [1.54, 1.807) is 17.5 Å². The molecule has 0 fully saturated rings. The Balaban J connectivity index is 1.67. The summed E-state index contributed by atoms with van der Waals surface area (Å²) in [6, 6.07) is 4.22. The zero-order chi connectivity index (χ0) is 10.5. The first-order valence-electron chi connectivity index (χ1n) is 4.67. The molecule has 0 radical (unpaired) electrons. The van der Waals surface area contributed by atoms with E-state index in [4.69, 9.17) is 4.42 Å². The molecule has 0 spiro atoms. The minimum absolute atomic E-state index is 0.743. The fourth-order valence-corrected chi connectivity index (χ4v) is 2.72. The lowest BCUT2D eigenvalue weighted by Crippen LogP contribution is -2.15. The minimum Gasteiger partial charge on any atom is -0.447 e. The highest BCUT2D eigenvalue weighted by atomic mass is 79.9. The van der Waals surface area contributed by atoms with Crippen LogP contribution in [-0.4, -0.2) is 11.5 Å². The van der Waals surface area contributed by atoms with Crippen LogP contribution in [0, 0.1) is 0 Å². The summed E-state index contributed by atoms with van der Waals surface area (Å²) in [7, 11) is 0. The lowest BCUT2D eigenvalue weighted by Gasteiger charge is -1.99. The molecule has 2 aromatic rings. The average molecular weight is 287 g/mol. The molecule has 0 aliphatic rings. The molecule has 1 N–H and O–H groups in total. The molecule has 0 aliphatic carbocycles. The summed E-state index contributed by atoms with van der Waals surface area (Å²) in [4.78, 5) is 5.23. The number of oxazole rings is 1. The number of rotatable bonds is 5. The van der Waals surface area contributed by atoms with Crippen molar-refractivity contribution in [2.24, 2.45) is 0 Å². The highest BCUT2D eigenvalue weighted by molar-refractivity contribution is 9.11. The Labute approximate surface area is 101 Å². The van der Waals surface area contributed by atoms with Gasteiger partial charge in [0.1, 0.15) is 5.76 Å². The molecule has 80 valence electrons. The maximum absolute atomic E-state index is 5.11. The second-order valence-electron chi connectivity index (χ2n) is 3.10. The largest absolute Gasteiger partial charge is 0.447 e. The van der Waals surface area contributed by atoms with Crippen molar-refractivity contribution in [1.82, 2.24) is 10.3 Å². The minimum atomic E-state index is 0.743. The van der Waals surface area contributed by atoms with Gasteiger partial charge >= 0.3 is 0 Å². The molecule has 0 amide bonds. The van der Waals surface area contributed by atoms with Gasteiger partial charge in [-0.15, -0.1) is 11.3 Å². The molecular weight excluding hydrogens is 276 g/mol. The quantitative estimate of drug-likeness (QED) is 0.859. The molecule has 0 unspecified atom stereocenters. The smallest absolute Gasteiger partial charge is 0.180 e. The fourth-order valence-electron chi connectivity index (χ4n) is 1.24. The monoisotopic (exact) mass is 286 g/mol. The maximum atomic E-state index is 5.11. The topological polar surface area (TPSA) is 38.1 Å². The van der Waals surface area contributed by atoms with Gasteiger partial charge in [0.2, 0.25) is 0 Å². The Morgan fingerprint density at radius 2 is 2.40 bits per heavy atom. The van der Waals surface area contributed by atoms with Gasteiger partial charge in [0.25, 0.3) is 0 Å². The van der Waals surface area contributed by atoms with Crippen molar-refractivity contribution in [1.29, 1.82) is 0 Å². The number of thiophene rings is 1. The zero-order valence-corrected chi connectivity index (χ0v) is 10.5. The molecule has 2 aromatic heterocycles. The summed E-state index contributed by atoms with van der Waals surface area (Å²) in [5.74, 6) is 0.877. The molecule has 5 heteroatoms. The standard InChI is InChI=1S/C10H11BrN2OS/c11-10-2-1-9(15-10)3-4-12-5-8-6-13-7-14-8/h1-2,6-7,12H,3-5H2. The van der Waals surface area contributed by atoms with E-state index < -0.39 is 0 Å². The van der Waals surface area contributed by atoms with E-state index in [1.807, 2.05) is 0 Å². The van der Waals surface area contributed by atoms with Crippen LogP contribution in [0.4, 0.5) is 0 Å². The van der Waals surface area contributed by atoms with Gasteiger partial charge in [-0.05, 0) is 34.5 Å². The van der Waals surface area contributed by atoms with Crippen molar-refractivity contribution >= 4 is 27.3 Å². The third-order valence-corrected chi connectivity index (χ3v) is 3.64. The van der Waals surface area contributed by atoms with Crippen LogP contribution in [0.25, 0.3) is 0 Å². The molecule has 0 saturated carbocycles. The molecule has 0 atom stereocenters. The Kier molecular flexibility index (Phi) is 3.94. The van der Waals surface area contributed by atoms with Crippen molar-refractivity contribution < 1.29 is 4.42 Å². The van der Waals surface area contributed by atoms with Crippen LogP contribution in [0.5, 0.6) is 0 Å². The molecule has 0 aromatic carbocycles. The van der Waals surface area contributed by atoms with Gasteiger partial charge < -0.3 is 9.73 Å². The SMILES string of the molecule is Brc1ccc(CCNCc2cnco2)s1. The summed E-state index contributed by atoms with van der Waals surface area (Å²) < 4.78 is 6.30. The highest BCUT2D eigenvalue weighted by Crippen LogP contribution is 2.21. The summed E-state index contributed by atoms with van der Waals surface area (Å²) in [5.41, 5.74) is 0. The van der Waals surface area contributed by atoms with Crippen LogP contribution < -0.4 is 5.32 Å². The second kappa shape index (κ2) is 5.44. The van der Waals surface area contributed by atoms with Crippen LogP contribution in [0.1, 0.15) is 10.6 Å². The molecule has 0 aliphatic heterocycles. The predicted molar refractivity (Wildman–Crippen MR) is 63.9 cm³/mol. The number of aromatic nitrogens is 1. The lowest BCUT2D eigenvalue weighted by molar-refractivity contribution is 0.480. The molecule has 2 rings (SSSR count). The second-order valence-corrected chi connectivity index (χ2v) is 5.65. The number of halogens is 1. The van der Waals surface area contributed by atoms with Crippen LogP contribution in [0.15, 0.2) is 32.9 Å². The van der Waals surface area contributed by atoms with Gasteiger partial charge in [0.05, 0.1) is 16.5 Å². The Bertz CT molecular complexity index is 399. The molecule has 0 saturated heterocycles. The van der Waals surface area contributed by atoms with E-state index in [9.17, 15) is 0 Å². The molecule has 2 heterocycles. The van der Waals surface area contributed by atoms with Gasteiger partial charge in [0, 0.05) is 11.4 Å². The van der Waals surface area contributed by atoms with Crippen molar-refractivity contribution in [3.63, 3.8) is 0 Å². The third kappa shape index (κ3) is 3.44. The molecular formula is C10H11BrN2OS. The number of hydrogen-bond acceptors (Lipinski definition) is 4. The van der Waals surface area contributed by atoms with Gasteiger partial charge in [-0.1, -0.05) is 0 Å². The van der Waals surface area contributed by atoms with Crippen LogP contribution in [-0.2, 0) is 13.0 Å². The van der Waals surface area contributed by atoms with E-state index in [0.29, 0.717) is 0 Å². The van der Waals surface area contributed by atoms with Crippen molar-refractivity contribution in [3.05, 3.63) is 39.1 Å². The molecule has 3 nitrogen and oxygen atoms in total. The number of hydrogen-bond donors (Lipinski definition) is 1. The van der Waals surface area contributed by atoms with E-state index in [0.717, 1.165) is 25.3 Å². The summed E-state index contributed by atoms with van der Waals surface area (Å²) >= 11 is 5.22.